The average Bonchev–Trinajstić information content (AvgIpc) is 2.65. The summed E-state index contributed by atoms with van der Waals surface area (Å²) in [5, 5.41) is 3.43. The molecule has 3 aromatic rings. The van der Waals surface area contributed by atoms with Gasteiger partial charge in [0.05, 0.1) is 16.9 Å². The third-order valence-electron chi connectivity index (χ3n) is 4.60. The van der Waals surface area contributed by atoms with Crippen molar-refractivity contribution in [3.8, 4) is 0 Å². The first-order valence-electron chi connectivity index (χ1n) is 8.44. The molecule has 1 unspecified atom stereocenters. The summed E-state index contributed by atoms with van der Waals surface area (Å²) in [5.74, 6) is 0.537. The second-order valence-electron chi connectivity index (χ2n) is 6.43. The van der Waals surface area contributed by atoms with E-state index in [0.29, 0.717) is 16.7 Å². The molecule has 1 N–H and O–H groups in total. The van der Waals surface area contributed by atoms with Gasteiger partial charge in [-0.2, -0.15) is 0 Å². The number of benzene rings is 2. The molecule has 0 saturated carbocycles. The lowest BCUT2D eigenvalue weighted by molar-refractivity contribution is 0.205. The lowest BCUT2D eigenvalue weighted by atomic mass is 10.2. The maximum Gasteiger partial charge on any atom is 0.322 e. The largest absolute Gasteiger partial charge is 0.322 e. The van der Waals surface area contributed by atoms with Crippen molar-refractivity contribution in [1.82, 2.24) is 14.5 Å². The van der Waals surface area contributed by atoms with Crippen LogP contribution in [-0.2, 0) is 7.05 Å². The van der Waals surface area contributed by atoms with Gasteiger partial charge in [0.1, 0.15) is 5.82 Å². The van der Waals surface area contributed by atoms with Crippen LogP contribution >= 0.6 is 0 Å². The molecule has 0 spiro atoms. The number of carbonyl (C=O) groups is 1. The molecule has 0 saturated heterocycles. The molecule has 26 heavy (non-hydrogen) atoms. The van der Waals surface area contributed by atoms with Crippen LogP contribution in [0.2, 0.25) is 0 Å². The second-order valence-corrected chi connectivity index (χ2v) is 6.43. The highest BCUT2D eigenvalue weighted by atomic mass is 16.2. The number of amides is 2. The Morgan fingerprint density at radius 3 is 2.50 bits per heavy atom. The molecule has 1 aromatic heterocycles. The predicted molar refractivity (Wildman–Crippen MR) is 103 cm³/mol. The average molecular weight is 350 g/mol. The van der Waals surface area contributed by atoms with Crippen molar-refractivity contribution in [1.29, 1.82) is 0 Å². The summed E-state index contributed by atoms with van der Waals surface area (Å²) in [6.45, 7) is 3.84. The number of aromatic nitrogens is 2. The number of nitrogens with zero attached hydrogens (tertiary/aromatic N) is 3. The standard InChI is InChI=1S/C20H22N4O2/c1-13-9-11-15(12-10-13)21-20(26)23(3)14(2)18-22-17-8-6-5-7-16(17)19(25)24(18)4/h5-12,14H,1-4H3,(H,21,26). The van der Waals surface area contributed by atoms with E-state index in [2.05, 4.69) is 10.3 Å². The second kappa shape index (κ2) is 7.00. The molecule has 0 aliphatic carbocycles. The predicted octanol–water partition coefficient (Wildman–Crippen LogP) is 3.47. The smallest absolute Gasteiger partial charge is 0.318 e. The molecule has 3 rings (SSSR count). The number of para-hydroxylation sites is 1. The van der Waals surface area contributed by atoms with Crippen molar-refractivity contribution in [2.45, 2.75) is 19.9 Å². The Kier molecular flexibility index (Phi) is 4.75. The lowest BCUT2D eigenvalue weighted by Crippen LogP contribution is -2.37. The molecule has 1 heterocycles. The quantitative estimate of drug-likeness (QED) is 0.786. The van der Waals surface area contributed by atoms with Gasteiger partial charge < -0.3 is 10.2 Å². The van der Waals surface area contributed by atoms with E-state index in [-0.39, 0.29) is 17.6 Å². The number of anilines is 1. The summed E-state index contributed by atoms with van der Waals surface area (Å²) in [4.78, 5) is 31.3. The Balaban J connectivity index is 1.88. The maximum absolute atomic E-state index is 12.6. The summed E-state index contributed by atoms with van der Waals surface area (Å²) in [5.41, 5.74) is 2.36. The monoisotopic (exact) mass is 350 g/mol. The van der Waals surface area contributed by atoms with Crippen LogP contribution in [0.25, 0.3) is 10.9 Å². The van der Waals surface area contributed by atoms with Gasteiger partial charge >= 0.3 is 6.03 Å². The number of urea groups is 1. The minimum absolute atomic E-state index is 0.121. The first-order chi connectivity index (χ1) is 12.4. The summed E-state index contributed by atoms with van der Waals surface area (Å²) in [6.07, 6.45) is 0. The number of rotatable bonds is 3. The molecule has 2 aromatic carbocycles. The van der Waals surface area contributed by atoms with Crippen LogP contribution in [0.1, 0.15) is 24.4 Å². The number of hydrogen-bond acceptors (Lipinski definition) is 3. The van der Waals surface area contributed by atoms with Gasteiger partial charge in [-0.25, -0.2) is 9.78 Å². The highest BCUT2D eigenvalue weighted by Gasteiger charge is 2.22. The van der Waals surface area contributed by atoms with Crippen LogP contribution in [0.4, 0.5) is 10.5 Å². The summed E-state index contributed by atoms with van der Waals surface area (Å²) in [6, 6.07) is 14.2. The third-order valence-corrected chi connectivity index (χ3v) is 4.60. The van der Waals surface area contributed by atoms with Gasteiger partial charge in [-0.3, -0.25) is 9.36 Å². The van der Waals surface area contributed by atoms with Gasteiger partial charge in [0.25, 0.3) is 5.56 Å². The van der Waals surface area contributed by atoms with Crippen LogP contribution in [0.3, 0.4) is 0 Å². The highest BCUT2D eigenvalue weighted by Crippen LogP contribution is 2.19. The molecule has 0 aliphatic rings. The van der Waals surface area contributed by atoms with Gasteiger partial charge in [-0.1, -0.05) is 29.8 Å². The Hall–Kier alpha value is -3.15. The van der Waals surface area contributed by atoms with Crippen molar-refractivity contribution in [3.05, 3.63) is 70.3 Å². The normalized spacial score (nSPS) is 12.0. The minimum atomic E-state index is -0.372. The first kappa shape index (κ1) is 17.7. The SMILES string of the molecule is Cc1ccc(NC(=O)N(C)C(C)c2nc3ccccc3c(=O)n2C)cc1. The Bertz CT molecular complexity index is 1010. The number of carbonyl (C=O) groups excluding carboxylic acids is 1. The summed E-state index contributed by atoms with van der Waals surface area (Å²) in [7, 11) is 3.37. The lowest BCUT2D eigenvalue weighted by Gasteiger charge is -2.26. The van der Waals surface area contributed by atoms with Crippen molar-refractivity contribution in [2.75, 3.05) is 12.4 Å². The minimum Gasteiger partial charge on any atom is -0.318 e. The fraction of sp³-hybridized carbons (Fsp3) is 0.250. The van der Waals surface area contributed by atoms with E-state index >= 15 is 0 Å². The van der Waals surface area contributed by atoms with Crippen molar-refractivity contribution in [2.24, 2.45) is 7.05 Å². The number of aryl methyl sites for hydroxylation is 1. The number of fused-ring (bicyclic) bond motifs is 1. The molecular formula is C20H22N4O2. The molecule has 6 nitrogen and oxygen atoms in total. The Morgan fingerprint density at radius 2 is 1.81 bits per heavy atom. The number of nitrogens with one attached hydrogen (secondary N) is 1. The first-order valence-corrected chi connectivity index (χ1v) is 8.44. The van der Waals surface area contributed by atoms with Gasteiger partial charge in [0.2, 0.25) is 0 Å². The van der Waals surface area contributed by atoms with Crippen molar-refractivity contribution >= 4 is 22.6 Å². The van der Waals surface area contributed by atoms with E-state index in [1.165, 1.54) is 9.47 Å². The molecule has 0 bridgehead atoms. The van der Waals surface area contributed by atoms with Gasteiger partial charge in [0, 0.05) is 19.8 Å². The Morgan fingerprint density at radius 1 is 1.15 bits per heavy atom. The van der Waals surface area contributed by atoms with E-state index in [1.54, 1.807) is 26.2 Å². The molecular weight excluding hydrogens is 328 g/mol. The number of hydrogen-bond donors (Lipinski definition) is 1. The summed E-state index contributed by atoms with van der Waals surface area (Å²) >= 11 is 0. The zero-order chi connectivity index (χ0) is 18.8. The molecule has 0 aliphatic heterocycles. The van der Waals surface area contributed by atoms with Crippen LogP contribution in [0.15, 0.2) is 53.3 Å². The molecule has 1 atom stereocenters. The van der Waals surface area contributed by atoms with E-state index in [4.69, 9.17) is 0 Å². The van der Waals surface area contributed by atoms with E-state index in [9.17, 15) is 9.59 Å². The van der Waals surface area contributed by atoms with Crippen LogP contribution in [-0.4, -0.2) is 27.5 Å². The van der Waals surface area contributed by atoms with Crippen LogP contribution < -0.4 is 10.9 Å². The Labute approximate surface area is 152 Å². The van der Waals surface area contributed by atoms with Gasteiger partial charge in [-0.15, -0.1) is 0 Å². The van der Waals surface area contributed by atoms with Gasteiger partial charge in [0.15, 0.2) is 0 Å². The topological polar surface area (TPSA) is 67.2 Å². The van der Waals surface area contributed by atoms with E-state index in [0.717, 1.165) is 11.3 Å². The third kappa shape index (κ3) is 3.31. The van der Waals surface area contributed by atoms with E-state index < -0.39 is 0 Å². The fourth-order valence-corrected chi connectivity index (χ4v) is 2.81. The van der Waals surface area contributed by atoms with Crippen LogP contribution in [0, 0.1) is 6.92 Å². The molecule has 0 fully saturated rings. The van der Waals surface area contributed by atoms with Crippen molar-refractivity contribution < 1.29 is 4.79 Å². The highest BCUT2D eigenvalue weighted by molar-refractivity contribution is 5.89. The van der Waals surface area contributed by atoms with E-state index in [1.807, 2.05) is 50.2 Å². The molecule has 2 amide bonds. The maximum atomic E-state index is 12.6. The zero-order valence-corrected chi connectivity index (χ0v) is 15.4. The summed E-state index contributed by atoms with van der Waals surface area (Å²) < 4.78 is 1.50. The molecule has 0 radical (unpaired) electrons. The fourth-order valence-electron chi connectivity index (χ4n) is 2.81. The van der Waals surface area contributed by atoms with Gasteiger partial charge in [-0.05, 0) is 38.1 Å². The molecule has 134 valence electrons. The zero-order valence-electron chi connectivity index (χ0n) is 15.4. The van der Waals surface area contributed by atoms with Crippen molar-refractivity contribution in [3.63, 3.8) is 0 Å². The molecule has 6 heteroatoms. The van der Waals surface area contributed by atoms with Crippen LogP contribution in [0.5, 0.6) is 0 Å².